The maximum Gasteiger partial charge on any atom is 0.324 e. The third-order valence-electron chi connectivity index (χ3n) is 3.03. The van der Waals surface area contributed by atoms with Crippen molar-refractivity contribution in [2.45, 2.75) is 33.6 Å². The Morgan fingerprint density at radius 1 is 1.05 bits per heavy atom. The van der Waals surface area contributed by atoms with E-state index in [1.807, 2.05) is 6.92 Å². The molecule has 0 aliphatic carbocycles. The molecule has 0 radical (unpaired) electrons. The minimum Gasteiger partial charge on any atom is -0.325 e. The summed E-state index contributed by atoms with van der Waals surface area (Å²) in [5.74, 6) is -0.0881. The van der Waals surface area contributed by atoms with Gasteiger partial charge in [-0.2, -0.15) is 0 Å². The van der Waals surface area contributed by atoms with Gasteiger partial charge in [-0.15, -0.1) is 11.6 Å². The van der Waals surface area contributed by atoms with Crippen molar-refractivity contribution in [2.75, 3.05) is 38.6 Å². The fourth-order valence-corrected chi connectivity index (χ4v) is 1.95. The van der Waals surface area contributed by atoms with Gasteiger partial charge in [0.05, 0.1) is 0 Å². The van der Waals surface area contributed by atoms with Crippen molar-refractivity contribution in [1.29, 1.82) is 0 Å². The van der Waals surface area contributed by atoms with Crippen molar-refractivity contribution in [1.82, 2.24) is 15.1 Å². The van der Waals surface area contributed by atoms with Crippen LogP contribution in [0.4, 0.5) is 4.79 Å². The van der Waals surface area contributed by atoms with Gasteiger partial charge in [0.15, 0.2) is 0 Å². The normalized spacial score (nSPS) is 10.6. The first-order valence-electron chi connectivity index (χ1n) is 6.96. The molecule has 0 aliphatic heterocycles. The van der Waals surface area contributed by atoms with E-state index in [-0.39, 0.29) is 24.2 Å². The van der Waals surface area contributed by atoms with Crippen molar-refractivity contribution in [3.05, 3.63) is 0 Å². The topological polar surface area (TPSA) is 52.6 Å². The van der Waals surface area contributed by atoms with Gasteiger partial charge < -0.3 is 9.80 Å². The number of nitrogens with zero attached hydrogens (tertiary/aromatic N) is 2. The van der Waals surface area contributed by atoms with E-state index >= 15 is 0 Å². The highest BCUT2D eigenvalue weighted by molar-refractivity contribution is 6.19. The zero-order valence-corrected chi connectivity index (χ0v) is 13.0. The quantitative estimate of drug-likeness (QED) is 0.660. The SMILES string of the molecule is CCN(CC)CCCN(CC)C(=O)NC(=O)CCCl. The Hall–Kier alpha value is -0.810. The predicted octanol–water partition coefficient (Wildman–Crippen LogP) is 1.91. The van der Waals surface area contributed by atoms with E-state index in [1.54, 1.807) is 4.90 Å². The van der Waals surface area contributed by atoms with E-state index in [0.29, 0.717) is 13.1 Å². The molecule has 0 atom stereocenters. The van der Waals surface area contributed by atoms with E-state index < -0.39 is 0 Å². The Morgan fingerprint density at radius 2 is 1.68 bits per heavy atom. The highest BCUT2D eigenvalue weighted by Gasteiger charge is 2.14. The minimum atomic E-state index is -0.322. The molecule has 0 heterocycles. The second kappa shape index (κ2) is 11.1. The number of carbonyl (C=O) groups excluding carboxylic acids is 2. The summed E-state index contributed by atoms with van der Waals surface area (Å²) in [5.41, 5.74) is 0. The summed E-state index contributed by atoms with van der Waals surface area (Å²) in [6.45, 7) is 10.4. The number of alkyl halides is 1. The van der Waals surface area contributed by atoms with Crippen LogP contribution in [0.15, 0.2) is 0 Å². The molecule has 0 aliphatic rings. The maximum absolute atomic E-state index is 11.8. The molecule has 0 fully saturated rings. The van der Waals surface area contributed by atoms with E-state index in [2.05, 4.69) is 24.1 Å². The van der Waals surface area contributed by atoms with Gasteiger partial charge in [0.1, 0.15) is 0 Å². The van der Waals surface area contributed by atoms with Gasteiger partial charge in [0.2, 0.25) is 5.91 Å². The molecule has 0 saturated heterocycles. The largest absolute Gasteiger partial charge is 0.325 e. The zero-order valence-electron chi connectivity index (χ0n) is 12.2. The monoisotopic (exact) mass is 291 g/mol. The summed E-state index contributed by atoms with van der Waals surface area (Å²) >= 11 is 5.45. The Labute approximate surface area is 121 Å². The third-order valence-corrected chi connectivity index (χ3v) is 3.22. The highest BCUT2D eigenvalue weighted by atomic mass is 35.5. The first-order valence-corrected chi connectivity index (χ1v) is 7.49. The first kappa shape index (κ1) is 18.2. The van der Waals surface area contributed by atoms with E-state index in [4.69, 9.17) is 11.6 Å². The molecule has 5 nitrogen and oxygen atoms in total. The molecule has 112 valence electrons. The van der Waals surface area contributed by atoms with Crippen LogP contribution in [-0.2, 0) is 4.79 Å². The van der Waals surface area contributed by atoms with Crippen LogP contribution < -0.4 is 5.32 Å². The average molecular weight is 292 g/mol. The summed E-state index contributed by atoms with van der Waals surface area (Å²) in [6.07, 6.45) is 1.08. The van der Waals surface area contributed by atoms with Gasteiger partial charge in [-0.3, -0.25) is 10.1 Å². The molecule has 0 bridgehead atoms. The molecule has 0 spiro atoms. The number of imide groups is 1. The second-order valence-electron chi connectivity index (χ2n) is 4.25. The number of carbonyl (C=O) groups is 2. The molecular formula is C13H26ClN3O2. The number of hydrogen-bond acceptors (Lipinski definition) is 3. The Bertz CT molecular complexity index is 271. The third kappa shape index (κ3) is 8.06. The lowest BCUT2D eigenvalue weighted by Gasteiger charge is -2.23. The van der Waals surface area contributed by atoms with Crippen LogP contribution in [0.1, 0.15) is 33.6 Å². The summed E-state index contributed by atoms with van der Waals surface area (Å²) < 4.78 is 0. The summed E-state index contributed by atoms with van der Waals surface area (Å²) in [7, 11) is 0. The minimum absolute atomic E-state index is 0.171. The van der Waals surface area contributed by atoms with Crippen LogP contribution in [0.2, 0.25) is 0 Å². The maximum atomic E-state index is 11.8. The summed E-state index contributed by atoms with van der Waals surface area (Å²) in [6, 6.07) is -0.322. The molecule has 1 N–H and O–H groups in total. The standard InChI is InChI=1S/C13H26ClN3O2/c1-4-16(5-2)10-7-11-17(6-3)13(19)15-12(18)8-9-14/h4-11H2,1-3H3,(H,15,18,19). The van der Waals surface area contributed by atoms with Crippen LogP contribution in [0.5, 0.6) is 0 Å². The number of amides is 3. The lowest BCUT2D eigenvalue weighted by molar-refractivity contribution is -0.119. The van der Waals surface area contributed by atoms with E-state index in [0.717, 1.165) is 26.1 Å². The number of rotatable bonds is 9. The molecule has 0 unspecified atom stereocenters. The van der Waals surface area contributed by atoms with Crippen molar-refractivity contribution in [3.63, 3.8) is 0 Å². The average Bonchev–Trinajstić information content (AvgIpc) is 2.39. The van der Waals surface area contributed by atoms with Crippen molar-refractivity contribution in [2.24, 2.45) is 0 Å². The molecule has 0 aromatic heterocycles. The predicted molar refractivity (Wildman–Crippen MR) is 78.5 cm³/mol. The van der Waals surface area contributed by atoms with Gasteiger partial charge in [-0.05, 0) is 33.0 Å². The van der Waals surface area contributed by atoms with Gasteiger partial charge in [0, 0.05) is 25.4 Å². The fraction of sp³-hybridized carbons (Fsp3) is 0.846. The van der Waals surface area contributed by atoms with Crippen LogP contribution in [0.25, 0.3) is 0 Å². The molecule has 6 heteroatoms. The first-order chi connectivity index (χ1) is 9.08. The van der Waals surface area contributed by atoms with Crippen molar-refractivity contribution in [3.8, 4) is 0 Å². The lowest BCUT2D eigenvalue weighted by atomic mass is 10.3. The van der Waals surface area contributed by atoms with Gasteiger partial charge in [0.25, 0.3) is 0 Å². The summed E-state index contributed by atoms with van der Waals surface area (Å²) in [4.78, 5) is 27.1. The molecular weight excluding hydrogens is 266 g/mol. The van der Waals surface area contributed by atoms with E-state index in [1.165, 1.54) is 0 Å². The van der Waals surface area contributed by atoms with Gasteiger partial charge >= 0.3 is 6.03 Å². The zero-order chi connectivity index (χ0) is 14.7. The van der Waals surface area contributed by atoms with E-state index in [9.17, 15) is 9.59 Å². The van der Waals surface area contributed by atoms with Crippen LogP contribution in [0, 0.1) is 0 Å². The number of halogens is 1. The second-order valence-corrected chi connectivity index (χ2v) is 4.63. The molecule has 0 saturated carbocycles. The van der Waals surface area contributed by atoms with Gasteiger partial charge in [-0.25, -0.2) is 4.79 Å². The highest BCUT2D eigenvalue weighted by Crippen LogP contribution is 1.97. The number of hydrogen-bond donors (Lipinski definition) is 1. The molecule has 3 amide bonds. The van der Waals surface area contributed by atoms with Crippen molar-refractivity contribution < 1.29 is 9.59 Å². The molecule has 0 aromatic carbocycles. The van der Waals surface area contributed by atoms with Crippen LogP contribution in [-0.4, -0.2) is 60.3 Å². The van der Waals surface area contributed by atoms with Crippen LogP contribution >= 0.6 is 11.6 Å². The smallest absolute Gasteiger partial charge is 0.324 e. The summed E-state index contributed by atoms with van der Waals surface area (Å²) in [5, 5.41) is 2.35. The Balaban J connectivity index is 4.05. The Kier molecular flexibility index (Phi) is 10.6. The van der Waals surface area contributed by atoms with Gasteiger partial charge in [-0.1, -0.05) is 13.8 Å². The van der Waals surface area contributed by atoms with Crippen molar-refractivity contribution >= 4 is 23.5 Å². The Morgan fingerprint density at radius 3 is 2.16 bits per heavy atom. The lowest BCUT2D eigenvalue weighted by Crippen LogP contribution is -2.43. The molecule has 0 rings (SSSR count). The fourth-order valence-electron chi connectivity index (χ4n) is 1.77. The van der Waals surface area contributed by atoms with Crippen LogP contribution in [0.3, 0.4) is 0 Å². The number of urea groups is 1. The molecule has 19 heavy (non-hydrogen) atoms. The molecule has 0 aromatic rings. The number of nitrogens with one attached hydrogen (secondary N) is 1.